The first-order valence-corrected chi connectivity index (χ1v) is 6.50. The molecule has 1 rings (SSSR count). The maximum Gasteiger partial charge on any atom is 0.225 e. The van der Waals surface area contributed by atoms with Crippen molar-refractivity contribution >= 4 is 21.8 Å². The number of halogens is 1. The van der Waals surface area contributed by atoms with E-state index in [4.69, 9.17) is 4.74 Å². The summed E-state index contributed by atoms with van der Waals surface area (Å²) in [4.78, 5) is 13.8. The second-order valence-corrected chi connectivity index (χ2v) is 5.67. The molecule has 1 heterocycles. The Morgan fingerprint density at radius 1 is 1.60 bits per heavy atom. The molecule has 0 spiro atoms. The van der Waals surface area contributed by atoms with Crippen molar-refractivity contribution in [2.75, 3.05) is 18.4 Å². The molecule has 4 heteroatoms. The lowest BCUT2D eigenvalue weighted by molar-refractivity contribution is -0.159. The summed E-state index contributed by atoms with van der Waals surface area (Å²) in [5, 5.41) is 0.776. The Labute approximate surface area is 100 Å². The van der Waals surface area contributed by atoms with E-state index in [-0.39, 0.29) is 23.5 Å². The minimum absolute atomic E-state index is 0.0647. The van der Waals surface area contributed by atoms with Crippen molar-refractivity contribution in [3.05, 3.63) is 0 Å². The standard InChI is InChI=1S/C11H20BrNO2/c1-8(2)10(14)13-6-9(5-12)15-11(3,4)7-13/h8-9H,5-7H2,1-4H3. The molecule has 3 nitrogen and oxygen atoms in total. The molecule has 0 aromatic rings. The van der Waals surface area contributed by atoms with E-state index in [9.17, 15) is 4.79 Å². The molecule has 0 aromatic heterocycles. The number of hydrogen-bond donors (Lipinski definition) is 0. The summed E-state index contributed by atoms with van der Waals surface area (Å²) in [6, 6.07) is 0. The molecule has 15 heavy (non-hydrogen) atoms. The molecule has 1 atom stereocenters. The van der Waals surface area contributed by atoms with Crippen LogP contribution in [-0.2, 0) is 9.53 Å². The third-order valence-corrected chi connectivity index (χ3v) is 3.18. The Hall–Kier alpha value is -0.0900. The predicted molar refractivity (Wildman–Crippen MR) is 64.2 cm³/mol. The number of carbonyl (C=O) groups excluding carboxylic acids is 1. The van der Waals surface area contributed by atoms with Gasteiger partial charge in [-0.15, -0.1) is 0 Å². The van der Waals surface area contributed by atoms with Crippen molar-refractivity contribution < 1.29 is 9.53 Å². The van der Waals surface area contributed by atoms with E-state index in [0.29, 0.717) is 13.1 Å². The highest BCUT2D eigenvalue weighted by Gasteiger charge is 2.35. The third kappa shape index (κ3) is 3.45. The van der Waals surface area contributed by atoms with E-state index in [0.717, 1.165) is 5.33 Å². The molecule has 1 fully saturated rings. The van der Waals surface area contributed by atoms with Gasteiger partial charge in [-0.1, -0.05) is 29.8 Å². The molecule has 1 aliphatic heterocycles. The van der Waals surface area contributed by atoms with Gasteiger partial charge in [0.1, 0.15) is 0 Å². The molecular weight excluding hydrogens is 258 g/mol. The molecule has 88 valence electrons. The number of morpholine rings is 1. The Balaban J connectivity index is 2.70. The van der Waals surface area contributed by atoms with E-state index in [1.54, 1.807) is 0 Å². The number of hydrogen-bond acceptors (Lipinski definition) is 2. The van der Waals surface area contributed by atoms with Gasteiger partial charge in [-0.3, -0.25) is 4.79 Å². The third-order valence-electron chi connectivity index (χ3n) is 2.46. The smallest absolute Gasteiger partial charge is 0.225 e. The lowest BCUT2D eigenvalue weighted by atomic mass is 10.0. The maximum atomic E-state index is 11.9. The van der Waals surface area contributed by atoms with Crippen LogP contribution in [0.15, 0.2) is 0 Å². The van der Waals surface area contributed by atoms with Gasteiger partial charge in [0.2, 0.25) is 5.91 Å². The van der Waals surface area contributed by atoms with Crippen molar-refractivity contribution in [1.29, 1.82) is 0 Å². The van der Waals surface area contributed by atoms with Crippen LogP contribution < -0.4 is 0 Å². The van der Waals surface area contributed by atoms with Crippen molar-refractivity contribution in [2.45, 2.75) is 39.4 Å². The highest BCUT2D eigenvalue weighted by Crippen LogP contribution is 2.23. The van der Waals surface area contributed by atoms with Crippen LogP contribution in [0.3, 0.4) is 0 Å². The van der Waals surface area contributed by atoms with E-state index in [1.807, 2.05) is 32.6 Å². The Morgan fingerprint density at radius 2 is 2.20 bits per heavy atom. The highest BCUT2D eigenvalue weighted by atomic mass is 79.9. The summed E-state index contributed by atoms with van der Waals surface area (Å²) in [5.41, 5.74) is -0.235. The van der Waals surface area contributed by atoms with Crippen molar-refractivity contribution in [1.82, 2.24) is 4.90 Å². The first-order chi connectivity index (χ1) is 6.85. The molecule has 1 unspecified atom stereocenters. The van der Waals surface area contributed by atoms with Gasteiger partial charge in [-0.05, 0) is 13.8 Å². The fourth-order valence-corrected chi connectivity index (χ4v) is 2.25. The second kappa shape index (κ2) is 4.83. The summed E-state index contributed by atoms with van der Waals surface area (Å²) in [7, 11) is 0. The number of amides is 1. The minimum atomic E-state index is -0.235. The van der Waals surface area contributed by atoms with Crippen LogP contribution >= 0.6 is 15.9 Å². The average Bonchev–Trinajstić information content (AvgIpc) is 2.13. The molecule has 1 saturated heterocycles. The lowest BCUT2D eigenvalue weighted by Crippen LogP contribution is -2.55. The average molecular weight is 278 g/mol. The molecule has 0 N–H and O–H groups in total. The molecule has 0 bridgehead atoms. The normalized spacial score (nSPS) is 25.7. The number of ether oxygens (including phenoxy) is 1. The topological polar surface area (TPSA) is 29.5 Å². The van der Waals surface area contributed by atoms with Crippen LogP contribution in [0, 0.1) is 5.92 Å². The summed E-state index contributed by atoms with van der Waals surface area (Å²) in [6.07, 6.45) is 0.108. The zero-order chi connectivity index (χ0) is 11.6. The van der Waals surface area contributed by atoms with Crippen LogP contribution in [-0.4, -0.2) is 40.9 Å². The fourth-order valence-electron chi connectivity index (χ4n) is 1.91. The van der Waals surface area contributed by atoms with Crippen LogP contribution in [0.2, 0.25) is 0 Å². The van der Waals surface area contributed by atoms with E-state index in [2.05, 4.69) is 15.9 Å². The minimum Gasteiger partial charge on any atom is -0.368 e. The van der Waals surface area contributed by atoms with Gasteiger partial charge < -0.3 is 9.64 Å². The Morgan fingerprint density at radius 3 is 2.67 bits per heavy atom. The van der Waals surface area contributed by atoms with Gasteiger partial charge >= 0.3 is 0 Å². The Bertz CT molecular complexity index is 241. The second-order valence-electron chi connectivity index (χ2n) is 5.03. The van der Waals surface area contributed by atoms with Gasteiger partial charge in [0.25, 0.3) is 0 Å². The molecule has 1 aliphatic rings. The predicted octanol–water partition coefficient (Wildman–Crippen LogP) is 2.04. The summed E-state index contributed by atoms with van der Waals surface area (Å²) in [5.74, 6) is 0.284. The van der Waals surface area contributed by atoms with Gasteiger partial charge in [0, 0.05) is 24.3 Å². The fraction of sp³-hybridized carbons (Fsp3) is 0.909. The van der Waals surface area contributed by atoms with Gasteiger partial charge in [-0.25, -0.2) is 0 Å². The van der Waals surface area contributed by atoms with E-state index in [1.165, 1.54) is 0 Å². The molecule has 0 aliphatic carbocycles. The molecule has 0 saturated carbocycles. The SMILES string of the molecule is CC(C)C(=O)N1CC(CBr)OC(C)(C)C1. The zero-order valence-corrected chi connectivity index (χ0v) is 11.5. The summed E-state index contributed by atoms with van der Waals surface area (Å²) in [6.45, 7) is 9.33. The van der Waals surface area contributed by atoms with Crippen molar-refractivity contribution in [2.24, 2.45) is 5.92 Å². The first-order valence-electron chi connectivity index (χ1n) is 5.38. The van der Waals surface area contributed by atoms with E-state index < -0.39 is 0 Å². The molecule has 0 aromatic carbocycles. The number of rotatable bonds is 2. The number of alkyl halides is 1. The summed E-state index contributed by atoms with van der Waals surface area (Å²) < 4.78 is 5.84. The summed E-state index contributed by atoms with van der Waals surface area (Å²) >= 11 is 3.41. The van der Waals surface area contributed by atoms with Crippen LogP contribution in [0.1, 0.15) is 27.7 Å². The van der Waals surface area contributed by atoms with Crippen LogP contribution in [0.5, 0.6) is 0 Å². The van der Waals surface area contributed by atoms with Crippen LogP contribution in [0.25, 0.3) is 0 Å². The molecule has 1 amide bonds. The monoisotopic (exact) mass is 277 g/mol. The highest BCUT2D eigenvalue weighted by molar-refractivity contribution is 9.09. The quantitative estimate of drug-likeness (QED) is 0.723. The van der Waals surface area contributed by atoms with E-state index >= 15 is 0 Å². The van der Waals surface area contributed by atoms with Crippen LogP contribution in [0.4, 0.5) is 0 Å². The molecule has 0 radical (unpaired) electrons. The van der Waals surface area contributed by atoms with Gasteiger partial charge in [0.15, 0.2) is 0 Å². The van der Waals surface area contributed by atoms with Gasteiger partial charge in [-0.2, -0.15) is 0 Å². The largest absolute Gasteiger partial charge is 0.368 e. The number of nitrogens with zero attached hydrogens (tertiary/aromatic N) is 1. The van der Waals surface area contributed by atoms with Crippen molar-refractivity contribution in [3.63, 3.8) is 0 Å². The first kappa shape index (κ1) is 13.0. The molecular formula is C11H20BrNO2. The Kier molecular flexibility index (Phi) is 4.18. The lowest BCUT2D eigenvalue weighted by Gasteiger charge is -2.43. The number of carbonyl (C=O) groups is 1. The zero-order valence-electron chi connectivity index (χ0n) is 9.92. The van der Waals surface area contributed by atoms with Crippen molar-refractivity contribution in [3.8, 4) is 0 Å². The van der Waals surface area contributed by atoms with Gasteiger partial charge in [0.05, 0.1) is 11.7 Å². The maximum absolute atomic E-state index is 11.9.